The van der Waals surface area contributed by atoms with Gasteiger partial charge in [-0.05, 0) is 31.0 Å². The van der Waals surface area contributed by atoms with Gasteiger partial charge in [-0.2, -0.15) is 0 Å². The van der Waals surface area contributed by atoms with Crippen LogP contribution in [0.5, 0.6) is 0 Å². The van der Waals surface area contributed by atoms with Gasteiger partial charge in [-0.1, -0.05) is 47.6 Å². The Morgan fingerprint density at radius 1 is 0.636 bits per heavy atom. The molecule has 0 aliphatic rings. The number of hydrogen-bond donors (Lipinski definition) is 0. The molecule has 0 aliphatic heterocycles. The highest BCUT2D eigenvalue weighted by Crippen LogP contribution is 2.19. The third-order valence-corrected chi connectivity index (χ3v) is 3.13. The second kappa shape index (κ2) is 6.99. The quantitative estimate of drug-likeness (QED) is 0.703. The SMILES string of the molecule is Cc1ccc(C(C)(C)C)nc1.Cc1cnc(C(C)(C)C)nc1. The predicted molar refractivity (Wildman–Crippen MR) is 93.1 cm³/mol. The summed E-state index contributed by atoms with van der Waals surface area (Å²) in [6.07, 6.45) is 5.63. The van der Waals surface area contributed by atoms with E-state index in [1.165, 1.54) is 5.56 Å². The first-order chi connectivity index (χ1) is 10.00. The molecule has 2 heterocycles. The van der Waals surface area contributed by atoms with Crippen LogP contribution in [0.4, 0.5) is 0 Å². The van der Waals surface area contributed by atoms with Crippen LogP contribution in [0.2, 0.25) is 0 Å². The highest BCUT2D eigenvalue weighted by Gasteiger charge is 2.16. The minimum Gasteiger partial charge on any atom is -0.260 e. The second-order valence-corrected chi connectivity index (χ2v) is 7.80. The summed E-state index contributed by atoms with van der Waals surface area (Å²) in [6.45, 7) is 16.9. The lowest BCUT2D eigenvalue weighted by atomic mass is 9.91. The monoisotopic (exact) mass is 299 g/mol. The van der Waals surface area contributed by atoms with Crippen molar-refractivity contribution in [1.29, 1.82) is 0 Å². The van der Waals surface area contributed by atoms with Gasteiger partial charge in [0.1, 0.15) is 5.82 Å². The molecule has 0 radical (unpaired) electrons. The Labute approximate surface area is 135 Å². The number of pyridine rings is 1. The van der Waals surface area contributed by atoms with Crippen LogP contribution >= 0.6 is 0 Å². The lowest BCUT2D eigenvalue weighted by Crippen LogP contribution is -2.15. The van der Waals surface area contributed by atoms with E-state index in [-0.39, 0.29) is 10.8 Å². The van der Waals surface area contributed by atoms with Gasteiger partial charge < -0.3 is 0 Å². The molecule has 3 heteroatoms. The molecular formula is C19H29N3. The van der Waals surface area contributed by atoms with Crippen LogP contribution < -0.4 is 0 Å². The Hall–Kier alpha value is -1.77. The van der Waals surface area contributed by atoms with Crippen LogP contribution in [0.3, 0.4) is 0 Å². The van der Waals surface area contributed by atoms with Crippen molar-refractivity contribution in [1.82, 2.24) is 15.0 Å². The molecule has 2 rings (SSSR count). The van der Waals surface area contributed by atoms with Gasteiger partial charge in [0.25, 0.3) is 0 Å². The van der Waals surface area contributed by atoms with Crippen molar-refractivity contribution in [2.75, 3.05) is 0 Å². The van der Waals surface area contributed by atoms with E-state index in [0.717, 1.165) is 17.1 Å². The van der Waals surface area contributed by atoms with Crippen molar-refractivity contribution < 1.29 is 0 Å². The van der Waals surface area contributed by atoms with Crippen LogP contribution in [0, 0.1) is 13.8 Å². The lowest BCUT2D eigenvalue weighted by Gasteiger charge is -2.16. The molecule has 0 saturated heterocycles. The summed E-state index contributed by atoms with van der Waals surface area (Å²) in [5, 5.41) is 0. The van der Waals surface area contributed by atoms with Crippen LogP contribution in [0.25, 0.3) is 0 Å². The average Bonchev–Trinajstić information content (AvgIpc) is 2.38. The molecule has 2 aromatic heterocycles. The Bertz CT molecular complexity index is 515. The zero-order valence-corrected chi connectivity index (χ0v) is 15.2. The van der Waals surface area contributed by atoms with Crippen molar-refractivity contribution in [3.8, 4) is 0 Å². The first-order valence-corrected chi connectivity index (χ1v) is 7.72. The van der Waals surface area contributed by atoms with E-state index < -0.39 is 0 Å². The standard InChI is InChI=1S/C10H15N.C9H14N2/c1-8-5-6-9(11-7-8)10(2,3)4;1-7-5-10-8(11-6-7)9(2,3)4/h5-7H,1-4H3;5-6H,1-4H3. The Morgan fingerprint density at radius 2 is 1.14 bits per heavy atom. The summed E-state index contributed by atoms with van der Waals surface area (Å²) in [5.74, 6) is 0.906. The third kappa shape index (κ3) is 5.92. The summed E-state index contributed by atoms with van der Waals surface area (Å²) in [7, 11) is 0. The minimum atomic E-state index is 0.0632. The summed E-state index contributed by atoms with van der Waals surface area (Å²) in [6, 6.07) is 4.20. The van der Waals surface area contributed by atoms with Crippen molar-refractivity contribution in [3.05, 3.63) is 53.4 Å². The molecule has 2 aromatic rings. The van der Waals surface area contributed by atoms with E-state index in [9.17, 15) is 0 Å². The fourth-order valence-corrected chi connectivity index (χ4v) is 1.69. The Morgan fingerprint density at radius 3 is 1.50 bits per heavy atom. The molecule has 0 N–H and O–H groups in total. The smallest absolute Gasteiger partial charge is 0.133 e. The maximum atomic E-state index is 4.35. The number of aryl methyl sites for hydroxylation is 2. The van der Waals surface area contributed by atoms with E-state index in [2.05, 4.69) is 75.6 Å². The molecule has 0 amide bonds. The zero-order valence-electron chi connectivity index (χ0n) is 15.2. The number of aromatic nitrogens is 3. The van der Waals surface area contributed by atoms with E-state index >= 15 is 0 Å². The van der Waals surface area contributed by atoms with Gasteiger partial charge in [0.15, 0.2) is 0 Å². The molecule has 3 nitrogen and oxygen atoms in total. The van der Waals surface area contributed by atoms with Gasteiger partial charge in [0.05, 0.1) is 0 Å². The zero-order chi connectivity index (χ0) is 17.0. The molecule has 0 aliphatic carbocycles. The lowest BCUT2D eigenvalue weighted by molar-refractivity contribution is 0.544. The third-order valence-electron chi connectivity index (χ3n) is 3.13. The molecule has 0 atom stereocenters. The summed E-state index contributed by atoms with van der Waals surface area (Å²) >= 11 is 0. The van der Waals surface area contributed by atoms with Gasteiger partial charge >= 0.3 is 0 Å². The fraction of sp³-hybridized carbons (Fsp3) is 0.526. The summed E-state index contributed by atoms with van der Waals surface area (Å²) < 4.78 is 0. The van der Waals surface area contributed by atoms with Gasteiger partial charge in [0, 0.05) is 35.1 Å². The molecular weight excluding hydrogens is 270 g/mol. The van der Waals surface area contributed by atoms with Gasteiger partial charge in [0.2, 0.25) is 0 Å². The van der Waals surface area contributed by atoms with E-state index in [1.807, 2.05) is 25.5 Å². The molecule has 120 valence electrons. The van der Waals surface area contributed by atoms with Gasteiger partial charge in [-0.3, -0.25) is 4.98 Å². The first kappa shape index (κ1) is 18.3. The van der Waals surface area contributed by atoms with Crippen molar-refractivity contribution in [2.45, 2.75) is 66.2 Å². The fourth-order valence-electron chi connectivity index (χ4n) is 1.69. The Kier molecular flexibility index (Phi) is 5.81. The number of rotatable bonds is 0. The van der Waals surface area contributed by atoms with Crippen LogP contribution in [0.1, 0.15) is 64.2 Å². The highest BCUT2D eigenvalue weighted by molar-refractivity contribution is 5.17. The molecule has 22 heavy (non-hydrogen) atoms. The van der Waals surface area contributed by atoms with Crippen molar-refractivity contribution in [2.24, 2.45) is 0 Å². The molecule has 0 unspecified atom stereocenters. The molecule has 0 saturated carbocycles. The van der Waals surface area contributed by atoms with Crippen molar-refractivity contribution in [3.63, 3.8) is 0 Å². The first-order valence-electron chi connectivity index (χ1n) is 7.72. The second-order valence-electron chi connectivity index (χ2n) is 7.80. The van der Waals surface area contributed by atoms with E-state index in [0.29, 0.717) is 0 Å². The van der Waals surface area contributed by atoms with Gasteiger partial charge in [-0.25, -0.2) is 9.97 Å². The van der Waals surface area contributed by atoms with E-state index in [1.54, 1.807) is 0 Å². The highest BCUT2D eigenvalue weighted by atomic mass is 14.9. The molecule has 0 aromatic carbocycles. The van der Waals surface area contributed by atoms with Crippen LogP contribution in [0.15, 0.2) is 30.7 Å². The normalized spacial score (nSPS) is 11.6. The topological polar surface area (TPSA) is 38.7 Å². The minimum absolute atomic E-state index is 0.0632. The summed E-state index contributed by atoms with van der Waals surface area (Å²) in [4.78, 5) is 12.8. The van der Waals surface area contributed by atoms with Crippen LogP contribution in [-0.2, 0) is 10.8 Å². The van der Waals surface area contributed by atoms with Crippen molar-refractivity contribution >= 4 is 0 Å². The largest absolute Gasteiger partial charge is 0.260 e. The molecule has 0 fully saturated rings. The van der Waals surface area contributed by atoms with Crippen LogP contribution in [-0.4, -0.2) is 15.0 Å². The molecule has 0 spiro atoms. The van der Waals surface area contributed by atoms with Gasteiger partial charge in [-0.15, -0.1) is 0 Å². The maximum Gasteiger partial charge on any atom is 0.133 e. The average molecular weight is 299 g/mol. The maximum absolute atomic E-state index is 4.35. The Balaban J connectivity index is 0.000000220. The molecule has 0 bridgehead atoms. The number of nitrogens with zero attached hydrogens (tertiary/aromatic N) is 3. The van der Waals surface area contributed by atoms with E-state index in [4.69, 9.17) is 0 Å². The predicted octanol–water partition coefficient (Wildman–Crippen LogP) is 4.77. The number of hydrogen-bond acceptors (Lipinski definition) is 3. The summed E-state index contributed by atoms with van der Waals surface area (Å²) in [5.41, 5.74) is 3.72.